The van der Waals surface area contributed by atoms with Crippen LogP contribution in [-0.2, 0) is 4.79 Å². The number of carbonyl (C=O) groups is 1. The van der Waals surface area contributed by atoms with E-state index >= 15 is 0 Å². The van der Waals surface area contributed by atoms with Crippen LogP contribution in [0.2, 0.25) is 0 Å². The number of carbonyl (C=O) groups excluding carboxylic acids is 1. The van der Waals surface area contributed by atoms with Gasteiger partial charge < -0.3 is 10.2 Å². The quantitative estimate of drug-likeness (QED) is 0.790. The average Bonchev–Trinajstić information content (AvgIpc) is 2.24. The van der Waals surface area contributed by atoms with Gasteiger partial charge in [0.05, 0.1) is 0 Å². The van der Waals surface area contributed by atoms with Crippen LogP contribution in [0, 0.1) is 5.82 Å². The fraction of sp³-hybridized carbons (Fsp3) is 0.308. The number of likely N-dealkylation sites (N-methyl/N-ethyl adjacent to an activating group) is 1. The molecule has 1 saturated heterocycles. The first-order valence-corrected chi connectivity index (χ1v) is 5.52. The van der Waals surface area contributed by atoms with Gasteiger partial charge in [0.2, 0.25) is 0 Å². The Kier molecular flexibility index (Phi) is 3.24. The summed E-state index contributed by atoms with van der Waals surface area (Å²) < 4.78 is 13.1. The molecule has 1 N–H and O–H groups in total. The highest BCUT2D eigenvalue weighted by Crippen LogP contribution is 2.18. The predicted molar refractivity (Wildman–Crippen MR) is 65.4 cm³/mol. The highest BCUT2D eigenvalue weighted by atomic mass is 19.1. The Balaban J connectivity index is 2.20. The summed E-state index contributed by atoms with van der Waals surface area (Å²) in [5.74, 6) is -0.412. The van der Waals surface area contributed by atoms with E-state index in [9.17, 15) is 9.18 Å². The van der Waals surface area contributed by atoms with E-state index in [0.717, 1.165) is 24.2 Å². The van der Waals surface area contributed by atoms with Crippen LogP contribution in [0.4, 0.5) is 10.1 Å². The van der Waals surface area contributed by atoms with Crippen LogP contribution in [0.25, 0.3) is 0 Å². The number of benzene rings is 1. The van der Waals surface area contributed by atoms with Crippen molar-refractivity contribution in [1.29, 1.82) is 0 Å². The largest absolute Gasteiger partial charge is 0.312 e. The standard InChI is InChI=1S/C13H15FN2O/c1-9(10-7-15-8-10)13(17)16(2)12-5-3-4-11(14)6-12/h3-6,15H,7-8H2,1-2H3. The van der Waals surface area contributed by atoms with Gasteiger partial charge in [-0.2, -0.15) is 0 Å². The van der Waals surface area contributed by atoms with Gasteiger partial charge in [0.1, 0.15) is 5.82 Å². The second kappa shape index (κ2) is 4.67. The topological polar surface area (TPSA) is 32.3 Å². The van der Waals surface area contributed by atoms with E-state index in [0.29, 0.717) is 5.69 Å². The summed E-state index contributed by atoms with van der Waals surface area (Å²) >= 11 is 0. The van der Waals surface area contributed by atoms with E-state index in [1.54, 1.807) is 19.2 Å². The lowest BCUT2D eigenvalue weighted by Gasteiger charge is -2.24. The normalized spacial score (nSPS) is 14.2. The molecule has 1 aliphatic rings. The lowest BCUT2D eigenvalue weighted by atomic mass is 10.0. The molecular formula is C13H15FN2O. The molecule has 0 bridgehead atoms. The second-order valence-electron chi connectivity index (χ2n) is 4.18. The molecule has 1 aromatic carbocycles. The van der Waals surface area contributed by atoms with Gasteiger partial charge in [-0.15, -0.1) is 0 Å². The number of halogens is 1. The third kappa shape index (κ3) is 2.36. The molecule has 1 aliphatic heterocycles. The minimum atomic E-state index is -0.335. The van der Waals surface area contributed by atoms with Crippen molar-refractivity contribution >= 4 is 11.6 Å². The zero-order valence-electron chi connectivity index (χ0n) is 9.96. The second-order valence-corrected chi connectivity index (χ2v) is 4.18. The van der Waals surface area contributed by atoms with Crippen LogP contribution >= 0.6 is 0 Å². The van der Waals surface area contributed by atoms with Crippen LogP contribution in [-0.4, -0.2) is 26.0 Å². The summed E-state index contributed by atoms with van der Waals surface area (Å²) in [7, 11) is 1.66. The minimum Gasteiger partial charge on any atom is -0.312 e. The van der Waals surface area contributed by atoms with Crippen LogP contribution in [0.3, 0.4) is 0 Å². The lowest BCUT2D eigenvalue weighted by Crippen LogP contribution is -2.38. The van der Waals surface area contributed by atoms with Gasteiger partial charge in [0.25, 0.3) is 5.91 Å². The number of hydrogen-bond acceptors (Lipinski definition) is 2. The highest BCUT2D eigenvalue weighted by molar-refractivity contribution is 6.05. The molecule has 0 radical (unpaired) electrons. The molecule has 1 heterocycles. The highest BCUT2D eigenvalue weighted by Gasteiger charge is 2.19. The molecule has 0 unspecified atom stereocenters. The van der Waals surface area contributed by atoms with Gasteiger partial charge in [0.15, 0.2) is 0 Å². The fourth-order valence-corrected chi connectivity index (χ4v) is 1.72. The lowest BCUT2D eigenvalue weighted by molar-refractivity contribution is -0.114. The van der Waals surface area contributed by atoms with Gasteiger partial charge in [-0.05, 0) is 30.7 Å². The van der Waals surface area contributed by atoms with Crippen molar-refractivity contribution in [3.05, 3.63) is 41.2 Å². The third-order valence-corrected chi connectivity index (χ3v) is 3.03. The number of nitrogens with one attached hydrogen (secondary N) is 1. The third-order valence-electron chi connectivity index (χ3n) is 3.03. The Hall–Kier alpha value is -1.68. The predicted octanol–water partition coefficient (Wildman–Crippen LogP) is 1.71. The van der Waals surface area contributed by atoms with E-state index in [1.807, 2.05) is 6.92 Å². The van der Waals surface area contributed by atoms with Crippen molar-refractivity contribution in [3.63, 3.8) is 0 Å². The summed E-state index contributed by atoms with van der Waals surface area (Å²) in [5, 5.41) is 3.10. The van der Waals surface area contributed by atoms with Crippen LogP contribution in [0.5, 0.6) is 0 Å². The number of nitrogens with zero attached hydrogens (tertiary/aromatic N) is 1. The molecular weight excluding hydrogens is 219 g/mol. The van der Waals surface area contributed by atoms with Crippen molar-refractivity contribution < 1.29 is 9.18 Å². The first-order chi connectivity index (χ1) is 8.09. The molecule has 17 heavy (non-hydrogen) atoms. The SMILES string of the molecule is CC(C(=O)N(C)c1cccc(F)c1)=C1CNC1. The Morgan fingerprint density at radius 3 is 2.65 bits per heavy atom. The Morgan fingerprint density at radius 1 is 1.41 bits per heavy atom. The smallest absolute Gasteiger partial charge is 0.253 e. The van der Waals surface area contributed by atoms with E-state index in [2.05, 4.69) is 5.32 Å². The summed E-state index contributed by atoms with van der Waals surface area (Å²) in [6, 6.07) is 6.04. The maximum atomic E-state index is 13.1. The molecule has 90 valence electrons. The first kappa shape index (κ1) is 11.8. The van der Waals surface area contributed by atoms with Gasteiger partial charge in [-0.3, -0.25) is 4.79 Å². The minimum absolute atomic E-state index is 0.0768. The fourth-order valence-electron chi connectivity index (χ4n) is 1.72. The van der Waals surface area contributed by atoms with Crippen LogP contribution in [0.1, 0.15) is 6.92 Å². The van der Waals surface area contributed by atoms with Crippen molar-refractivity contribution in [2.45, 2.75) is 6.92 Å². The summed E-state index contributed by atoms with van der Waals surface area (Å²) in [6.07, 6.45) is 0. The van der Waals surface area contributed by atoms with Gasteiger partial charge in [-0.1, -0.05) is 6.07 Å². The Labute approximate surface area is 99.9 Å². The van der Waals surface area contributed by atoms with E-state index < -0.39 is 0 Å². The molecule has 0 aromatic heterocycles. The van der Waals surface area contributed by atoms with Crippen molar-refractivity contribution in [2.24, 2.45) is 0 Å². The first-order valence-electron chi connectivity index (χ1n) is 5.52. The maximum absolute atomic E-state index is 13.1. The number of anilines is 1. The molecule has 0 saturated carbocycles. The Morgan fingerprint density at radius 2 is 2.12 bits per heavy atom. The summed E-state index contributed by atoms with van der Waals surface area (Å²) in [6.45, 7) is 3.36. The van der Waals surface area contributed by atoms with Crippen LogP contribution < -0.4 is 10.2 Å². The maximum Gasteiger partial charge on any atom is 0.253 e. The zero-order valence-corrected chi connectivity index (χ0v) is 9.96. The van der Waals surface area contributed by atoms with Crippen molar-refractivity contribution in [3.8, 4) is 0 Å². The van der Waals surface area contributed by atoms with Crippen molar-refractivity contribution in [2.75, 3.05) is 25.0 Å². The van der Waals surface area contributed by atoms with E-state index in [4.69, 9.17) is 0 Å². The molecule has 3 nitrogen and oxygen atoms in total. The van der Waals surface area contributed by atoms with E-state index in [-0.39, 0.29) is 11.7 Å². The van der Waals surface area contributed by atoms with Crippen LogP contribution in [0.15, 0.2) is 35.4 Å². The molecule has 0 atom stereocenters. The zero-order chi connectivity index (χ0) is 12.4. The number of hydrogen-bond donors (Lipinski definition) is 1. The number of rotatable bonds is 2. The monoisotopic (exact) mass is 234 g/mol. The van der Waals surface area contributed by atoms with Crippen molar-refractivity contribution in [1.82, 2.24) is 5.32 Å². The average molecular weight is 234 g/mol. The van der Waals surface area contributed by atoms with Gasteiger partial charge in [-0.25, -0.2) is 4.39 Å². The summed E-state index contributed by atoms with van der Waals surface area (Å²) in [4.78, 5) is 13.6. The van der Waals surface area contributed by atoms with E-state index in [1.165, 1.54) is 17.0 Å². The molecule has 0 spiro atoms. The molecule has 1 amide bonds. The molecule has 0 aliphatic carbocycles. The molecule has 1 aromatic rings. The molecule has 2 rings (SSSR count). The van der Waals surface area contributed by atoms with Gasteiger partial charge in [0, 0.05) is 31.4 Å². The number of amides is 1. The van der Waals surface area contributed by atoms with Gasteiger partial charge >= 0.3 is 0 Å². The summed E-state index contributed by atoms with van der Waals surface area (Å²) in [5.41, 5.74) is 2.44. The molecule has 1 fully saturated rings. The molecule has 4 heteroatoms. The Bertz CT molecular complexity index is 476.